The van der Waals surface area contributed by atoms with E-state index in [9.17, 15) is 0 Å². The average Bonchev–Trinajstić information content (AvgIpc) is 2.86. The van der Waals surface area contributed by atoms with Gasteiger partial charge >= 0.3 is 0 Å². The number of hydrogen-bond donors (Lipinski definition) is 0. The van der Waals surface area contributed by atoms with Crippen molar-refractivity contribution in [2.75, 3.05) is 13.2 Å². The summed E-state index contributed by atoms with van der Waals surface area (Å²) in [5.41, 5.74) is 1.97. The van der Waals surface area contributed by atoms with Crippen LogP contribution in [0.2, 0.25) is 0 Å². The Labute approximate surface area is 110 Å². The Hall–Kier alpha value is -1.38. The lowest BCUT2D eigenvalue weighted by Gasteiger charge is -2.30. The normalized spacial score (nSPS) is 21.1. The van der Waals surface area contributed by atoms with Gasteiger partial charge in [0.25, 0.3) is 0 Å². The summed E-state index contributed by atoms with van der Waals surface area (Å²) in [6, 6.07) is 0. The van der Waals surface area contributed by atoms with Gasteiger partial charge in [0.1, 0.15) is 0 Å². The van der Waals surface area contributed by atoms with E-state index < -0.39 is 5.79 Å². The van der Waals surface area contributed by atoms with Gasteiger partial charge in [0.15, 0.2) is 0 Å². The van der Waals surface area contributed by atoms with Gasteiger partial charge in [0, 0.05) is 11.1 Å². The number of ether oxygens (including phenoxy) is 2. The van der Waals surface area contributed by atoms with Gasteiger partial charge in [-0.1, -0.05) is 49.1 Å². The summed E-state index contributed by atoms with van der Waals surface area (Å²) in [6.45, 7) is 10.9. The first-order valence-corrected chi connectivity index (χ1v) is 6.28. The quantitative estimate of drug-likeness (QED) is 0.684. The van der Waals surface area contributed by atoms with Crippen LogP contribution in [0.3, 0.4) is 0 Å². The smallest absolute Gasteiger partial charge is 0.222 e. The third kappa shape index (κ3) is 2.89. The molecule has 0 atom stereocenters. The second kappa shape index (κ2) is 7.14. The monoisotopic (exact) mass is 246 g/mol. The SMILES string of the molecule is C=C/C=C(\C=C/C)C1(C(/C=C\C)=C/C)OCCO1. The minimum absolute atomic E-state index is 0.598. The summed E-state index contributed by atoms with van der Waals surface area (Å²) in [6.07, 6.45) is 13.7. The second-order valence-corrected chi connectivity index (χ2v) is 3.92. The van der Waals surface area contributed by atoms with Gasteiger partial charge in [-0.15, -0.1) is 0 Å². The number of hydrogen-bond acceptors (Lipinski definition) is 2. The zero-order chi connectivity index (χ0) is 13.4. The van der Waals surface area contributed by atoms with E-state index >= 15 is 0 Å². The number of rotatable bonds is 5. The van der Waals surface area contributed by atoms with Crippen LogP contribution >= 0.6 is 0 Å². The molecule has 2 heteroatoms. The molecule has 18 heavy (non-hydrogen) atoms. The van der Waals surface area contributed by atoms with E-state index in [2.05, 4.69) is 6.58 Å². The predicted molar refractivity (Wildman–Crippen MR) is 76.3 cm³/mol. The maximum atomic E-state index is 5.90. The Bertz CT molecular complexity index is 391. The van der Waals surface area contributed by atoms with Gasteiger partial charge < -0.3 is 9.47 Å². The molecule has 0 N–H and O–H groups in total. The average molecular weight is 246 g/mol. The van der Waals surface area contributed by atoms with Gasteiger partial charge in [-0.2, -0.15) is 0 Å². The molecule has 2 nitrogen and oxygen atoms in total. The van der Waals surface area contributed by atoms with Crippen LogP contribution in [-0.4, -0.2) is 19.0 Å². The fourth-order valence-electron chi connectivity index (χ4n) is 2.07. The standard InChI is InChI=1S/C16H22O2/c1-5-9-14(8-4)16(17-12-13-18-16)15(10-6-2)11-7-3/h5-11H,2,12-13H2,1,3-4H3/b9-5-,11-7-,14-8+,15-10+. The molecule has 0 unspecified atom stereocenters. The molecule has 0 aromatic rings. The van der Waals surface area contributed by atoms with E-state index in [-0.39, 0.29) is 0 Å². The van der Waals surface area contributed by atoms with E-state index in [1.54, 1.807) is 6.08 Å². The lowest BCUT2D eigenvalue weighted by Crippen LogP contribution is -2.34. The predicted octanol–water partition coefficient (Wildman–Crippen LogP) is 3.94. The fourth-order valence-corrected chi connectivity index (χ4v) is 2.07. The molecule has 1 saturated heterocycles. The molecule has 1 aliphatic rings. The number of allylic oxidation sites excluding steroid dienone is 5. The summed E-state index contributed by atoms with van der Waals surface area (Å²) in [7, 11) is 0. The first-order valence-electron chi connectivity index (χ1n) is 6.28. The Balaban J connectivity index is 3.29. The van der Waals surface area contributed by atoms with Crippen molar-refractivity contribution < 1.29 is 9.47 Å². The van der Waals surface area contributed by atoms with Crippen LogP contribution in [0.5, 0.6) is 0 Å². The molecule has 0 bridgehead atoms. The van der Waals surface area contributed by atoms with E-state index in [1.807, 2.05) is 57.2 Å². The molecule has 0 aliphatic carbocycles. The fraction of sp³-hybridized carbons (Fsp3) is 0.375. The summed E-state index contributed by atoms with van der Waals surface area (Å²) < 4.78 is 11.8. The molecule has 1 rings (SSSR count). The van der Waals surface area contributed by atoms with Crippen molar-refractivity contribution in [3.05, 3.63) is 60.3 Å². The van der Waals surface area contributed by atoms with Crippen LogP contribution in [0.1, 0.15) is 20.8 Å². The van der Waals surface area contributed by atoms with Gasteiger partial charge in [-0.3, -0.25) is 0 Å². The van der Waals surface area contributed by atoms with E-state index in [0.717, 1.165) is 11.1 Å². The molecule has 1 heterocycles. The summed E-state index contributed by atoms with van der Waals surface area (Å²) in [5, 5.41) is 0. The van der Waals surface area contributed by atoms with Crippen molar-refractivity contribution >= 4 is 0 Å². The van der Waals surface area contributed by atoms with Crippen LogP contribution in [0.4, 0.5) is 0 Å². The summed E-state index contributed by atoms with van der Waals surface area (Å²) >= 11 is 0. The second-order valence-electron chi connectivity index (χ2n) is 3.92. The van der Waals surface area contributed by atoms with Crippen molar-refractivity contribution in [1.29, 1.82) is 0 Å². The topological polar surface area (TPSA) is 18.5 Å². The minimum atomic E-state index is -0.790. The third-order valence-corrected chi connectivity index (χ3v) is 2.75. The Morgan fingerprint density at radius 1 is 1.00 bits per heavy atom. The molecule has 1 aliphatic heterocycles. The third-order valence-electron chi connectivity index (χ3n) is 2.75. The maximum absolute atomic E-state index is 5.90. The molecule has 0 spiro atoms. The zero-order valence-corrected chi connectivity index (χ0v) is 11.5. The molecule has 0 aromatic carbocycles. The zero-order valence-electron chi connectivity index (χ0n) is 11.5. The maximum Gasteiger partial charge on any atom is 0.222 e. The molecular formula is C16H22O2. The highest BCUT2D eigenvalue weighted by molar-refractivity contribution is 5.43. The first-order chi connectivity index (χ1) is 8.75. The van der Waals surface area contributed by atoms with Crippen molar-refractivity contribution in [3.63, 3.8) is 0 Å². The highest BCUT2D eigenvalue weighted by Crippen LogP contribution is 2.36. The van der Waals surface area contributed by atoms with Crippen LogP contribution in [0.25, 0.3) is 0 Å². The molecule has 0 amide bonds. The van der Waals surface area contributed by atoms with Gasteiger partial charge in [-0.25, -0.2) is 0 Å². The molecule has 0 saturated carbocycles. The molecule has 1 fully saturated rings. The van der Waals surface area contributed by atoms with Crippen molar-refractivity contribution in [3.8, 4) is 0 Å². The first kappa shape index (κ1) is 14.7. The van der Waals surface area contributed by atoms with Crippen LogP contribution < -0.4 is 0 Å². The van der Waals surface area contributed by atoms with Crippen molar-refractivity contribution in [1.82, 2.24) is 0 Å². The van der Waals surface area contributed by atoms with Gasteiger partial charge in [0.2, 0.25) is 5.79 Å². The highest BCUT2D eigenvalue weighted by atomic mass is 16.7. The van der Waals surface area contributed by atoms with E-state index in [4.69, 9.17) is 9.47 Å². The Morgan fingerprint density at radius 2 is 1.56 bits per heavy atom. The lowest BCUT2D eigenvalue weighted by atomic mass is 9.95. The molecular weight excluding hydrogens is 224 g/mol. The largest absolute Gasteiger partial charge is 0.340 e. The Morgan fingerprint density at radius 3 is 2.00 bits per heavy atom. The molecule has 0 radical (unpaired) electrons. The van der Waals surface area contributed by atoms with Crippen LogP contribution in [0, 0.1) is 0 Å². The van der Waals surface area contributed by atoms with E-state index in [1.165, 1.54) is 0 Å². The van der Waals surface area contributed by atoms with Gasteiger partial charge in [-0.05, 0) is 20.8 Å². The van der Waals surface area contributed by atoms with Crippen molar-refractivity contribution in [2.24, 2.45) is 0 Å². The van der Waals surface area contributed by atoms with Crippen LogP contribution in [0.15, 0.2) is 60.3 Å². The van der Waals surface area contributed by atoms with Crippen LogP contribution in [-0.2, 0) is 9.47 Å². The molecule has 98 valence electrons. The van der Waals surface area contributed by atoms with Gasteiger partial charge in [0.05, 0.1) is 13.2 Å². The Kier molecular flexibility index (Phi) is 5.83. The summed E-state index contributed by atoms with van der Waals surface area (Å²) in [5.74, 6) is -0.790. The van der Waals surface area contributed by atoms with E-state index in [0.29, 0.717) is 13.2 Å². The lowest BCUT2D eigenvalue weighted by molar-refractivity contribution is -0.0884. The minimum Gasteiger partial charge on any atom is -0.340 e. The summed E-state index contributed by atoms with van der Waals surface area (Å²) in [4.78, 5) is 0. The highest BCUT2D eigenvalue weighted by Gasteiger charge is 2.41. The van der Waals surface area contributed by atoms with Crippen molar-refractivity contribution in [2.45, 2.75) is 26.6 Å². The molecule has 0 aromatic heterocycles.